The minimum Gasteiger partial charge on any atom is -0.340 e. The van der Waals surface area contributed by atoms with Crippen LogP contribution in [-0.4, -0.2) is 17.9 Å². The third-order valence-electron chi connectivity index (χ3n) is 4.01. The molecule has 0 heterocycles. The molecular formula is C20H23FN2O2. The van der Waals surface area contributed by atoms with Gasteiger partial charge in [-0.05, 0) is 49.1 Å². The van der Waals surface area contributed by atoms with Crippen LogP contribution < -0.4 is 10.6 Å². The van der Waals surface area contributed by atoms with Crippen LogP contribution in [0.25, 0.3) is 0 Å². The maximum Gasteiger partial charge on any atom is 0.254 e. The highest BCUT2D eigenvalue weighted by Crippen LogP contribution is 2.18. The fourth-order valence-corrected chi connectivity index (χ4v) is 2.48. The van der Waals surface area contributed by atoms with Crippen molar-refractivity contribution in [1.29, 1.82) is 0 Å². The zero-order chi connectivity index (χ0) is 18.6. The summed E-state index contributed by atoms with van der Waals surface area (Å²) in [5.41, 5.74) is 2.59. The van der Waals surface area contributed by atoms with Gasteiger partial charge >= 0.3 is 0 Å². The van der Waals surface area contributed by atoms with E-state index in [0.29, 0.717) is 5.69 Å². The summed E-state index contributed by atoms with van der Waals surface area (Å²) in [6.45, 7) is 7.50. The Labute approximate surface area is 147 Å². The van der Waals surface area contributed by atoms with E-state index in [0.717, 1.165) is 11.1 Å². The monoisotopic (exact) mass is 342 g/mol. The second kappa shape index (κ2) is 7.92. The lowest BCUT2D eigenvalue weighted by Crippen LogP contribution is -2.47. The molecule has 2 aromatic rings. The van der Waals surface area contributed by atoms with Crippen molar-refractivity contribution in [2.45, 2.75) is 33.7 Å². The molecule has 5 heteroatoms. The Balaban J connectivity index is 2.17. The van der Waals surface area contributed by atoms with E-state index >= 15 is 0 Å². The number of benzene rings is 2. The molecule has 0 radical (unpaired) electrons. The minimum atomic E-state index is -0.771. The zero-order valence-corrected chi connectivity index (χ0v) is 14.9. The highest BCUT2D eigenvalue weighted by Gasteiger charge is 2.26. The van der Waals surface area contributed by atoms with Crippen molar-refractivity contribution in [1.82, 2.24) is 5.32 Å². The fraction of sp³-hybridized carbons (Fsp3) is 0.300. The number of amides is 2. The number of aryl methyl sites for hydroxylation is 2. The number of hydrogen-bond donors (Lipinski definition) is 2. The van der Waals surface area contributed by atoms with Crippen LogP contribution in [0.15, 0.2) is 42.5 Å². The molecule has 2 amide bonds. The van der Waals surface area contributed by atoms with E-state index in [1.54, 1.807) is 6.07 Å². The number of anilines is 1. The number of rotatable bonds is 5. The second-order valence-electron chi connectivity index (χ2n) is 6.48. The first kappa shape index (κ1) is 18.6. The molecule has 0 bridgehead atoms. The van der Waals surface area contributed by atoms with Gasteiger partial charge in [0.05, 0.1) is 5.56 Å². The molecule has 132 valence electrons. The van der Waals surface area contributed by atoms with Crippen LogP contribution in [0.1, 0.15) is 35.3 Å². The predicted molar refractivity (Wildman–Crippen MR) is 97.0 cm³/mol. The normalized spacial score (nSPS) is 11.9. The van der Waals surface area contributed by atoms with Gasteiger partial charge in [0.2, 0.25) is 5.91 Å². The number of hydrogen-bond acceptors (Lipinski definition) is 2. The molecule has 0 saturated carbocycles. The first-order valence-corrected chi connectivity index (χ1v) is 8.23. The molecule has 2 aromatic carbocycles. The van der Waals surface area contributed by atoms with Gasteiger partial charge in [-0.15, -0.1) is 0 Å². The van der Waals surface area contributed by atoms with Crippen LogP contribution in [0.5, 0.6) is 0 Å². The highest BCUT2D eigenvalue weighted by molar-refractivity contribution is 6.01. The average Bonchev–Trinajstić information content (AvgIpc) is 2.55. The van der Waals surface area contributed by atoms with Crippen molar-refractivity contribution in [2.24, 2.45) is 5.92 Å². The maximum atomic E-state index is 13.8. The van der Waals surface area contributed by atoms with Crippen molar-refractivity contribution in [3.63, 3.8) is 0 Å². The van der Waals surface area contributed by atoms with Crippen molar-refractivity contribution in [3.8, 4) is 0 Å². The van der Waals surface area contributed by atoms with Gasteiger partial charge in [0.1, 0.15) is 11.9 Å². The number of nitrogens with one attached hydrogen (secondary N) is 2. The van der Waals surface area contributed by atoms with E-state index in [9.17, 15) is 14.0 Å². The summed E-state index contributed by atoms with van der Waals surface area (Å²) < 4.78 is 13.8. The summed E-state index contributed by atoms with van der Waals surface area (Å²) in [4.78, 5) is 25.0. The van der Waals surface area contributed by atoms with Crippen molar-refractivity contribution < 1.29 is 14.0 Å². The molecule has 2 N–H and O–H groups in total. The molecule has 4 nitrogen and oxygen atoms in total. The first-order chi connectivity index (χ1) is 11.8. The summed E-state index contributed by atoms with van der Waals surface area (Å²) in [7, 11) is 0. The molecule has 0 aromatic heterocycles. The van der Waals surface area contributed by atoms with Crippen LogP contribution in [0.4, 0.5) is 10.1 Å². The van der Waals surface area contributed by atoms with Crippen LogP contribution in [0, 0.1) is 25.6 Å². The number of carbonyl (C=O) groups excluding carboxylic acids is 2. The molecular weight excluding hydrogens is 319 g/mol. The Morgan fingerprint density at radius 2 is 1.72 bits per heavy atom. The molecule has 0 aliphatic rings. The lowest BCUT2D eigenvalue weighted by Gasteiger charge is -2.22. The molecule has 1 atom stereocenters. The number of halogens is 1. The van der Waals surface area contributed by atoms with E-state index < -0.39 is 17.8 Å². The summed E-state index contributed by atoms with van der Waals surface area (Å²) in [5.74, 6) is -1.69. The summed E-state index contributed by atoms with van der Waals surface area (Å²) >= 11 is 0. The van der Waals surface area contributed by atoms with E-state index in [1.807, 2.05) is 45.9 Å². The van der Waals surface area contributed by atoms with Crippen LogP contribution >= 0.6 is 0 Å². The third-order valence-corrected chi connectivity index (χ3v) is 4.01. The van der Waals surface area contributed by atoms with E-state index in [1.165, 1.54) is 18.2 Å². The molecule has 0 unspecified atom stereocenters. The van der Waals surface area contributed by atoms with E-state index in [-0.39, 0.29) is 17.4 Å². The van der Waals surface area contributed by atoms with Crippen LogP contribution in [0.3, 0.4) is 0 Å². The Morgan fingerprint density at radius 3 is 2.36 bits per heavy atom. The van der Waals surface area contributed by atoms with Crippen molar-refractivity contribution in [3.05, 3.63) is 65.0 Å². The lowest BCUT2D eigenvalue weighted by atomic mass is 10.0. The Kier molecular flexibility index (Phi) is 5.91. The summed E-state index contributed by atoms with van der Waals surface area (Å²) in [6.07, 6.45) is 0. The second-order valence-corrected chi connectivity index (χ2v) is 6.48. The Bertz CT molecular complexity index is 787. The lowest BCUT2D eigenvalue weighted by molar-refractivity contribution is -0.118. The SMILES string of the molecule is Cc1ccc(C)c(NC(=O)[C@H](NC(=O)c2ccccc2F)C(C)C)c1. The molecule has 2 rings (SSSR count). The van der Waals surface area contributed by atoms with E-state index in [4.69, 9.17) is 0 Å². The van der Waals surface area contributed by atoms with Gasteiger partial charge in [-0.2, -0.15) is 0 Å². The molecule has 25 heavy (non-hydrogen) atoms. The minimum absolute atomic E-state index is 0.0762. The van der Waals surface area contributed by atoms with E-state index in [2.05, 4.69) is 10.6 Å². The van der Waals surface area contributed by atoms with Gasteiger partial charge in [-0.1, -0.05) is 38.1 Å². The first-order valence-electron chi connectivity index (χ1n) is 8.23. The largest absolute Gasteiger partial charge is 0.340 e. The standard InChI is InChI=1S/C20H23FN2O2/c1-12(2)18(23-19(24)15-7-5-6-8-16(15)21)20(25)22-17-11-13(3)9-10-14(17)4/h5-12,18H,1-4H3,(H,22,25)(H,23,24)/t18-/m1/s1. The quantitative estimate of drug-likeness (QED) is 0.867. The topological polar surface area (TPSA) is 58.2 Å². The van der Waals surface area contributed by atoms with Gasteiger partial charge in [0.25, 0.3) is 5.91 Å². The molecule has 0 fully saturated rings. The predicted octanol–water partition coefficient (Wildman–Crippen LogP) is 3.84. The summed E-state index contributed by atoms with van der Waals surface area (Å²) in [6, 6.07) is 10.7. The van der Waals surface area contributed by atoms with Gasteiger partial charge < -0.3 is 10.6 Å². The maximum absolute atomic E-state index is 13.8. The molecule has 0 aliphatic carbocycles. The average molecular weight is 342 g/mol. The highest BCUT2D eigenvalue weighted by atomic mass is 19.1. The van der Waals surface area contributed by atoms with Crippen LogP contribution in [0.2, 0.25) is 0 Å². The van der Waals surface area contributed by atoms with Gasteiger partial charge in [0, 0.05) is 5.69 Å². The molecule has 0 saturated heterocycles. The van der Waals surface area contributed by atoms with Crippen LogP contribution in [-0.2, 0) is 4.79 Å². The summed E-state index contributed by atoms with van der Waals surface area (Å²) in [5, 5.41) is 5.49. The number of carbonyl (C=O) groups is 2. The van der Waals surface area contributed by atoms with Gasteiger partial charge in [0.15, 0.2) is 0 Å². The third kappa shape index (κ3) is 4.66. The van der Waals surface area contributed by atoms with Gasteiger partial charge in [-0.3, -0.25) is 9.59 Å². The Hall–Kier alpha value is -2.69. The van der Waals surface area contributed by atoms with Gasteiger partial charge in [-0.25, -0.2) is 4.39 Å². The molecule has 0 spiro atoms. The smallest absolute Gasteiger partial charge is 0.254 e. The zero-order valence-electron chi connectivity index (χ0n) is 14.9. The van der Waals surface area contributed by atoms with Crippen molar-refractivity contribution >= 4 is 17.5 Å². The Morgan fingerprint density at radius 1 is 1.04 bits per heavy atom. The van der Waals surface area contributed by atoms with Crippen molar-refractivity contribution in [2.75, 3.05) is 5.32 Å². The fourth-order valence-electron chi connectivity index (χ4n) is 2.48. The molecule has 0 aliphatic heterocycles.